The minimum absolute atomic E-state index is 0.0896. The van der Waals surface area contributed by atoms with Crippen LogP contribution in [0.15, 0.2) is 12.1 Å². The number of Topliss-reactive ketones (excluding diaryl/α,β-unsaturated/α-hetero) is 1. The molecule has 0 aromatic heterocycles. The van der Waals surface area contributed by atoms with E-state index in [1.807, 2.05) is 13.8 Å². The van der Waals surface area contributed by atoms with Gasteiger partial charge in [0.15, 0.2) is 5.78 Å². The van der Waals surface area contributed by atoms with Crippen LogP contribution >= 0.6 is 27.5 Å². The van der Waals surface area contributed by atoms with Crippen molar-refractivity contribution in [2.24, 2.45) is 5.92 Å². The first-order valence-corrected chi connectivity index (χ1v) is 6.10. The number of halogens is 2. The van der Waals surface area contributed by atoms with Crippen LogP contribution in [0.25, 0.3) is 0 Å². The predicted molar refractivity (Wildman–Crippen MR) is 69.4 cm³/mol. The second-order valence-electron chi connectivity index (χ2n) is 3.91. The molecule has 3 nitrogen and oxygen atoms in total. The maximum Gasteiger partial charge on any atom is 0.180 e. The van der Waals surface area contributed by atoms with Gasteiger partial charge in [-0.2, -0.15) is 0 Å². The van der Waals surface area contributed by atoms with Crippen molar-refractivity contribution in [1.82, 2.24) is 0 Å². The zero-order chi connectivity index (χ0) is 12.5. The number of carbonyl (C=O) groups excluding carboxylic acids is 1. The first kappa shape index (κ1) is 13.3. The van der Waals surface area contributed by atoms with Gasteiger partial charge < -0.3 is 10.8 Å². The lowest BCUT2D eigenvalue weighted by atomic mass is 10.00. The number of anilines is 1. The quantitative estimate of drug-likeness (QED) is 0.390. The fourth-order valence-corrected chi connectivity index (χ4v) is 1.73. The minimum Gasteiger partial charge on any atom is -0.506 e. The summed E-state index contributed by atoms with van der Waals surface area (Å²) in [6.45, 7) is 3.81. The average Bonchev–Trinajstić information content (AvgIpc) is 2.21. The Balaban J connectivity index is 3.18. The van der Waals surface area contributed by atoms with E-state index in [0.29, 0.717) is 5.69 Å². The molecule has 1 rings (SSSR count). The van der Waals surface area contributed by atoms with Gasteiger partial charge in [-0.3, -0.25) is 4.79 Å². The number of hydrogen-bond acceptors (Lipinski definition) is 3. The van der Waals surface area contributed by atoms with E-state index in [2.05, 4.69) is 15.9 Å². The molecule has 1 atom stereocenters. The van der Waals surface area contributed by atoms with Gasteiger partial charge in [0, 0.05) is 5.69 Å². The van der Waals surface area contributed by atoms with Crippen molar-refractivity contribution < 1.29 is 9.90 Å². The van der Waals surface area contributed by atoms with Crippen molar-refractivity contribution in [3.05, 3.63) is 22.7 Å². The summed E-state index contributed by atoms with van der Waals surface area (Å²) < 4.78 is 0. The zero-order valence-corrected chi connectivity index (χ0v) is 11.3. The summed E-state index contributed by atoms with van der Waals surface area (Å²) in [4.78, 5) is 11.6. The maximum atomic E-state index is 12.0. The Kier molecular flexibility index (Phi) is 4.21. The van der Waals surface area contributed by atoms with Gasteiger partial charge in [-0.05, 0) is 18.1 Å². The molecule has 1 unspecified atom stereocenters. The van der Waals surface area contributed by atoms with Gasteiger partial charge in [-0.15, -0.1) is 0 Å². The number of alkyl halides is 1. The Morgan fingerprint density at radius 2 is 2.06 bits per heavy atom. The fourth-order valence-electron chi connectivity index (χ4n) is 1.26. The summed E-state index contributed by atoms with van der Waals surface area (Å²) >= 11 is 9.03. The number of nitrogens with two attached hydrogens (primary N) is 1. The van der Waals surface area contributed by atoms with Gasteiger partial charge in [-0.25, -0.2) is 0 Å². The smallest absolute Gasteiger partial charge is 0.180 e. The molecule has 88 valence electrons. The summed E-state index contributed by atoms with van der Waals surface area (Å²) in [5.41, 5.74) is 6.09. The van der Waals surface area contributed by atoms with Crippen LogP contribution in [0.3, 0.4) is 0 Å². The highest BCUT2D eigenvalue weighted by atomic mass is 79.9. The van der Waals surface area contributed by atoms with E-state index in [-0.39, 0.29) is 32.9 Å². The molecule has 1 aromatic rings. The molecule has 0 bridgehead atoms. The number of carbonyl (C=O) groups is 1. The van der Waals surface area contributed by atoms with Gasteiger partial charge >= 0.3 is 0 Å². The van der Waals surface area contributed by atoms with Gasteiger partial charge in [0.25, 0.3) is 0 Å². The molecule has 0 aliphatic rings. The SMILES string of the molecule is CC(C)C(Br)C(=O)c1cc(N)cc(Cl)c1O. The lowest BCUT2D eigenvalue weighted by molar-refractivity contribution is 0.0975. The topological polar surface area (TPSA) is 63.3 Å². The van der Waals surface area contributed by atoms with Crippen molar-refractivity contribution in [2.45, 2.75) is 18.7 Å². The number of phenols is 1. The Morgan fingerprint density at radius 1 is 1.50 bits per heavy atom. The molecule has 0 radical (unpaired) electrons. The molecule has 16 heavy (non-hydrogen) atoms. The van der Waals surface area contributed by atoms with Crippen LogP contribution in [0.5, 0.6) is 5.75 Å². The summed E-state index contributed by atoms with van der Waals surface area (Å²) in [5.74, 6) is -0.320. The number of rotatable bonds is 3. The average molecular weight is 307 g/mol. The lowest BCUT2D eigenvalue weighted by Gasteiger charge is -2.14. The molecular formula is C11H13BrClNO2. The molecule has 0 amide bonds. The first-order valence-electron chi connectivity index (χ1n) is 4.81. The number of hydrogen-bond donors (Lipinski definition) is 2. The van der Waals surface area contributed by atoms with Crippen LogP contribution in [0, 0.1) is 5.92 Å². The zero-order valence-electron chi connectivity index (χ0n) is 9.00. The number of aromatic hydroxyl groups is 1. The van der Waals surface area contributed by atoms with Crippen molar-refractivity contribution in [2.75, 3.05) is 5.73 Å². The third-order valence-corrected chi connectivity index (χ3v) is 3.95. The number of benzene rings is 1. The molecule has 0 fully saturated rings. The van der Waals surface area contributed by atoms with Crippen LogP contribution < -0.4 is 5.73 Å². The standard InChI is InChI=1S/C11H13BrClNO2/c1-5(2)9(12)11(16)7-3-6(14)4-8(13)10(7)15/h3-5,9,15H,14H2,1-2H3. The fraction of sp³-hybridized carbons (Fsp3) is 0.364. The van der Waals surface area contributed by atoms with Crippen LogP contribution in [0.1, 0.15) is 24.2 Å². The number of nitrogen functional groups attached to an aromatic ring is 1. The normalized spacial score (nSPS) is 12.8. The second kappa shape index (κ2) is 5.06. The van der Waals surface area contributed by atoms with E-state index in [1.165, 1.54) is 12.1 Å². The molecule has 0 saturated heterocycles. The van der Waals surface area contributed by atoms with Crippen molar-refractivity contribution in [1.29, 1.82) is 0 Å². The van der Waals surface area contributed by atoms with Crippen molar-refractivity contribution in [3.63, 3.8) is 0 Å². The Bertz CT molecular complexity index is 421. The van der Waals surface area contributed by atoms with Crippen molar-refractivity contribution in [3.8, 4) is 5.75 Å². The Hall–Kier alpha value is -0.740. The van der Waals surface area contributed by atoms with Gasteiger partial charge in [0.05, 0.1) is 15.4 Å². The molecule has 0 heterocycles. The van der Waals surface area contributed by atoms with E-state index in [0.717, 1.165) is 0 Å². The van der Waals surface area contributed by atoms with Crippen molar-refractivity contribution >= 4 is 39.0 Å². The second-order valence-corrected chi connectivity index (χ2v) is 5.30. The number of phenolic OH excluding ortho intramolecular Hbond substituents is 1. The summed E-state index contributed by atoms with van der Waals surface area (Å²) in [7, 11) is 0. The highest BCUT2D eigenvalue weighted by Crippen LogP contribution is 2.32. The summed E-state index contributed by atoms with van der Waals surface area (Å²) in [5, 5.41) is 9.78. The predicted octanol–water partition coefficient (Wildman–Crippen LogP) is 3.23. The minimum atomic E-state index is -0.365. The Morgan fingerprint density at radius 3 is 2.56 bits per heavy atom. The van der Waals surface area contributed by atoms with Crippen LogP contribution in [-0.2, 0) is 0 Å². The highest BCUT2D eigenvalue weighted by Gasteiger charge is 2.24. The van der Waals surface area contributed by atoms with E-state index < -0.39 is 0 Å². The van der Waals surface area contributed by atoms with Crippen LogP contribution in [0.4, 0.5) is 5.69 Å². The van der Waals surface area contributed by atoms with Crippen LogP contribution in [-0.4, -0.2) is 15.7 Å². The summed E-state index contributed by atoms with van der Waals surface area (Å²) in [6.07, 6.45) is 0. The molecule has 5 heteroatoms. The molecule has 0 aliphatic heterocycles. The Labute approximate surface area is 108 Å². The van der Waals surface area contributed by atoms with E-state index in [9.17, 15) is 9.90 Å². The monoisotopic (exact) mass is 305 g/mol. The molecule has 0 saturated carbocycles. The molecule has 1 aromatic carbocycles. The van der Waals surface area contributed by atoms with Gasteiger partial charge in [-0.1, -0.05) is 41.4 Å². The first-order chi connectivity index (χ1) is 7.34. The lowest BCUT2D eigenvalue weighted by Crippen LogP contribution is -2.20. The van der Waals surface area contributed by atoms with E-state index in [1.54, 1.807) is 0 Å². The van der Waals surface area contributed by atoms with E-state index >= 15 is 0 Å². The highest BCUT2D eigenvalue weighted by molar-refractivity contribution is 9.10. The molecule has 3 N–H and O–H groups in total. The third-order valence-electron chi connectivity index (χ3n) is 2.19. The molecule has 0 spiro atoms. The third kappa shape index (κ3) is 2.68. The van der Waals surface area contributed by atoms with Crippen LogP contribution in [0.2, 0.25) is 5.02 Å². The summed E-state index contributed by atoms with van der Waals surface area (Å²) in [6, 6.07) is 2.84. The van der Waals surface area contributed by atoms with E-state index in [4.69, 9.17) is 17.3 Å². The largest absolute Gasteiger partial charge is 0.506 e. The number of ketones is 1. The molecule has 0 aliphatic carbocycles. The van der Waals surface area contributed by atoms with Gasteiger partial charge in [0.1, 0.15) is 5.75 Å². The van der Waals surface area contributed by atoms with Gasteiger partial charge in [0.2, 0.25) is 0 Å². The maximum absolute atomic E-state index is 12.0. The molecular weight excluding hydrogens is 293 g/mol.